The van der Waals surface area contributed by atoms with Crippen LogP contribution in [0.3, 0.4) is 0 Å². The van der Waals surface area contributed by atoms with Crippen molar-refractivity contribution >= 4 is 11.0 Å². The van der Waals surface area contributed by atoms with E-state index in [0.29, 0.717) is 0 Å². The smallest absolute Gasteiger partial charge is 0.121 e. The van der Waals surface area contributed by atoms with E-state index < -0.39 is 0 Å². The van der Waals surface area contributed by atoms with Crippen LogP contribution in [0, 0.1) is 0 Å². The van der Waals surface area contributed by atoms with Gasteiger partial charge in [0, 0.05) is 6.07 Å². The Morgan fingerprint density at radius 1 is 1.29 bits per heavy atom. The number of aromatic nitrogens is 2. The summed E-state index contributed by atoms with van der Waals surface area (Å²) in [5.41, 5.74) is 2.03. The van der Waals surface area contributed by atoms with Crippen molar-refractivity contribution in [3.63, 3.8) is 0 Å². The first kappa shape index (κ1) is 11.9. The number of ether oxygens (including phenoxy) is 1. The third-order valence-electron chi connectivity index (χ3n) is 3.01. The van der Waals surface area contributed by atoms with Crippen molar-refractivity contribution in [1.82, 2.24) is 14.9 Å². The zero-order valence-corrected chi connectivity index (χ0v) is 10.7. The van der Waals surface area contributed by atoms with Gasteiger partial charge in [0.2, 0.25) is 0 Å². The highest BCUT2D eigenvalue weighted by atomic mass is 16.5. The molecule has 2 rings (SSSR count). The molecule has 0 radical (unpaired) electrons. The van der Waals surface area contributed by atoms with Gasteiger partial charge in [-0.05, 0) is 25.2 Å². The van der Waals surface area contributed by atoms with Crippen LogP contribution in [0.25, 0.3) is 11.0 Å². The van der Waals surface area contributed by atoms with Gasteiger partial charge in [-0.1, -0.05) is 13.8 Å². The van der Waals surface area contributed by atoms with Gasteiger partial charge in [-0.25, -0.2) is 4.98 Å². The molecule has 4 nitrogen and oxygen atoms in total. The maximum absolute atomic E-state index is 5.20. The molecule has 0 spiro atoms. The quantitative estimate of drug-likeness (QED) is 0.862. The number of hydrogen-bond donors (Lipinski definition) is 1. The second kappa shape index (κ2) is 5.19. The molecule has 0 saturated heterocycles. The van der Waals surface area contributed by atoms with Crippen LogP contribution in [-0.4, -0.2) is 35.1 Å². The van der Waals surface area contributed by atoms with E-state index in [1.54, 1.807) is 7.11 Å². The molecule has 0 amide bonds. The Balaban J connectivity index is 2.25. The fourth-order valence-electron chi connectivity index (χ4n) is 1.90. The Labute approximate surface area is 102 Å². The number of nitrogens with one attached hydrogen (secondary N) is 1. The predicted molar refractivity (Wildman–Crippen MR) is 69.3 cm³/mol. The number of H-pyrrole nitrogens is 1. The lowest BCUT2D eigenvalue weighted by atomic mass is 10.3. The third-order valence-corrected chi connectivity index (χ3v) is 3.01. The van der Waals surface area contributed by atoms with Crippen molar-refractivity contribution in [3.05, 3.63) is 24.0 Å². The van der Waals surface area contributed by atoms with Crippen LogP contribution in [-0.2, 0) is 6.54 Å². The zero-order valence-electron chi connectivity index (χ0n) is 10.7. The minimum atomic E-state index is 0.857. The lowest BCUT2D eigenvalue weighted by molar-refractivity contribution is 0.289. The molecule has 17 heavy (non-hydrogen) atoms. The van der Waals surface area contributed by atoms with Crippen molar-refractivity contribution in [3.8, 4) is 5.75 Å². The third kappa shape index (κ3) is 2.58. The van der Waals surface area contributed by atoms with Gasteiger partial charge in [-0.2, -0.15) is 0 Å². The first-order chi connectivity index (χ1) is 8.26. The molecule has 0 bridgehead atoms. The minimum Gasteiger partial charge on any atom is -0.497 e. The van der Waals surface area contributed by atoms with Crippen LogP contribution in [0.2, 0.25) is 0 Å². The lowest BCUT2D eigenvalue weighted by Gasteiger charge is -2.15. The van der Waals surface area contributed by atoms with E-state index in [-0.39, 0.29) is 0 Å². The van der Waals surface area contributed by atoms with Crippen molar-refractivity contribution < 1.29 is 4.74 Å². The summed E-state index contributed by atoms with van der Waals surface area (Å²) in [4.78, 5) is 10.2. The highest BCUT2D eigenvalue weighted by Gasteiger charge is 2.07. The molecule has 1 aromatic carbocycles. The van der Waals surface area contributed by atoms with E-state index in [2.05, 4.69) is 28.7 Å². The molecule has 1 aromatic heterocycles. The zero-order chi connectivity index (χ0) is 12.3. The molecule has 0 saturated carbocycles. The van der Waals surface area contributed by atoms with Gasteiger partial charge < -0.3 is 9.72 Å². The standard InChI is InChI=1S/C13H19N3O/c1-4-16(5-2)9-13-14-11-7-6-10(17-3)8-12(11)15-13/h6-8H,4-5,9H2,1-3H3,(H,14,15). The summed E-state index contributed by atoms with van der Waals surface area (Å²) in [6, 6.07) is 5.90. The second-order valence-corrected chi connectivity index (χ2v) is 4.03. The summed E-state index contributed by atoms with van der Waals surface area (Å²) >= 11 is 0. The van der Waals surface area contributed by atoms with E-state index in [4.69, 9.17) is 4.74 Å². The number of fused-ring (bicyclic) bond motifs is 1. The lowest BCUT2D eigenvalue weighted by Crippen LogP contribution is -2.22. The second-order valence-electron chi connectivity index (χ2n) is 4.03. The number of rotatable bonds is 5. The monoisotopic (exact) mass is 233 g/mol. The van der Waals surface area contributed by atoms with Gasteiger partial charge in [0.15, 0.2) is 0 Å². The molecule has 0 unspecified atom stereocenters. The summed E-state index contributed by atoms with van der Waals surface area (Å²) in [6.45, 7) is 7.27. The average Bonchev–Trinajstić information content (AvgIpc) is 2.76. The molecule has 2 aromatic rings. The van der Waals surface area contributed by atoms with E-state index in [1.165, 1.54) is 0 Å². The van der Waals surface area contributed by atoms with Crippen LogP contribution in [0.15, 0.2) is 18.2 Å². The van der Waals surface area contributed by atoms with Gasteiger partial charge in [0.25, 0.3) is 0 Å². The van der Waals surface area contributed by atoms with Gasteiger partial charge in [-0.15, -0.1) is 0 Å². The van der Waals surface area contributed by atoms with E-state index in [0.717, 1.165) is 42.2 Å². The van der Waals surface area contributed by atoms with Crippen molar-refractivity contribution in [2.75, 3.05) is 20.2 Å². The number of imidazole rings is 1. The number of aromatic amines is 1. The highest BCUT2D eigenvalue weighted by molar-refractivity contribution is 5.76. The van der Waals surface area contributed by atoms with Crippen molar-refractivity contribution in [2.24, 2.45) is 0 Å². The summed E-state index contributed by atoms with van der Waals surface area (Å²) in [5.74, 6) is 1.87. The Morgan fingerprint density at radius 3 is 2.71 bits per heavy atom. The minimum absolute atomic E-state index is 0.857. The van der Waals surface area contributed by atoms with Crippen LogP contribution in [0.5, 0.6) is 5.75 Å². The van der Waals surface area contributed by atoms with Crippen LogP contribution in [0.4, 0.5) is 0 Å². The predicted octanol–water partition coefficient (Wildman–Crippen LogP) is 2.41. The molecule has 92 valence electrons. The summed E-state index contributed by atoms with van der Waals surface area (Å²) in [7, 11) is 1.67. The van der Waals surface area contributed by atoms with Crippen LogP contribution in [0.1, 0.15) is 19.7 Å². The largest absolute Gasteiger partial charge is 0.497 e. The molecule has 1 heterocycles. The number of methoxy groups -OCH3 is 1. The fraction of sp³-hybridized carbons (Fsp3) is 0.462. The first-order valence-corrected chi connectivity index (χ1v) is 6.01. The molecule has 0 aliphatic carbocycles. The van der Waals surface area contributed by atoms with E-state index in [1.807, 2.05) is 18.2 Å². The molecule has 0 aliphatic heterocycles. The molecule has 0 aliphatic rings. The average molecular weight is 233 g/mol. The molecule has 1 N–H and O–H groups in total. The molecule has 4 heteroatoms. The molecular weight excluding hydrogens is 214 g/mol. The van der Waals surface area contributed by atoms with Crippen LogP contribution >= 0.6 is 0 Å². The first-order valence-electron chi connectivity index (χ1n) is 6.01. The Kier molecular flexibility index (Phi) is 3.64. The van der Waals surface area contributed by atoms with E-state index in [9.17, 15) is 0 Å². The number of hydrogen-bond acceptors (Lipinski definition) is 3. The van der Waals surface area contributed by atoms with Crippen LogP contribution < -0.4 is 4.74 Å². The van der Waals surface area contributed by atoms with Crippen molar-refractivity contribution in [2.45, 2.75) is 20.4 Å². The fourth-order valence-corrected chi connectivity index (χ4v) is 1.90. The number of nitrogens with zero attached hydrogens (tertiary/aromatic N) is 2. The normalized spacial score (nSPS) is 11.3. The molecule has 0 fully saturated rings. The molecule has 0 atom stereocenters. The topological polar surface area (TPSA) is 41.2 Å². The molecular formula is C13H19N3O. The Hall–Kier alpha value is -1.55. The Morgan fingerprint density at radius 2 is 2.06 bits per heavy atom. The highest BCUT2D eigenvalue weighted by Crippen LogP contribution is 2.19. The summed E-state index contributed by atoms with van der Waals surface area (Å²) in [5, 5.41) is 0. The summed E-state index contributed by atoms with van der Waals surface area (Å²) < 4.78 is 5.20. The number of benzene rings is 1. The summed E-state index contributed by atoms with van der Waals surface area (Å²) in [6.07, 6.45) is 0. The SMILES string of the molecule is CCN(CC)Cc1nc2ccc(OC)cc2[nH]1. The van der Waals surface area contributed by atoms with Gasteiger partial charge in [0.1, 0.15) is 11.6 Å². The van der Waals surface area contributed by atoms with Gasteiger partial charge in [-0.3, -0.25) is 4.90 Å². The maximum Gasteiger partial charge on any atom is 0.121 e. The van der Waals surface area contributed by atoms with Gasteiger partial charge in [0.05, 0.1) is 24.7 Å². The van der Waals surface area contributed by atoms with E-state index >= 15 is 0 Å². The maximum atomic E-state index is 5.20. The van der Waals surface area contributed by atoms with Crippen molar-refractivity contribution in [1.29, 1.82) is 0 Å². The van der Waals surface area contributed by atoms with Gasteiger partial charge >= 0.3 is 0 Å². The Bertz CT molecular complexity index is 488.